The molecule has 2 nitrogen and oxygen atoms in total. The van der Waals surface area contributed by atoms with Crippen molar-refractivity contribution < 1.29 is 13.5 Å². The molecule has 0 saturated heterocycles. The lowest BCUT2D eigenvalue weighted by atomic mass is 9.87. The maximum Gasteiger partial charge on any atom is 0.191 e. The van der Waals surface area contributed by atoms with Crippen molar-refractivity contribution in [1.29, 1.82) is 0 Å². The van der Waals surface area contributed by atoms with Gasteiger partial charge in [0.15, 0.2) is 5.43 Å². The summed E-state index contributed by atoms with van der Waals surface area (Å²) in [7, 11) is 0. The Bertz CT molecular complexity index is 1020. The van der Waals surface area contributed by atoms with Crippen molar-refractivity contribution in [1.82, 2.24) is 0 Å². The minimum absolute atomic E-state index is 0.0956. The summed E-state index contributed by atoms with van der Waals surface area (Å²) in [5.74, 6) is -0.195. The van der Waals surface area contributed by atoms with Crippen LogP contribution in [-0.2, 0) is 12.8 Å². The summed E-state index contributed by atoms with van der Waals surface area (Å²) >= 11 is 1.63. The largest absolute Gasteiger partial charge is 0.457 e. The van der Waals surface area contributed by atoms with E-state index < -0.39 is 11.6 Å². The van der Waals surface area contributed by atoms with Crippen molar-refractivity contribution in [3.63, 3.8) is 0 Å². The Labute approximate surface area is 154 Å². The van der Waals surface area contributed by atoms with Gasteiger partial charge in [-0.25, -0.2) is 8.78 Å². The summed E-state index contributed by atoms with van der Waals surface area (Å²) in [5, 5.41) is 0.682. The number of ether oxygens (including phenoxy) is 1. The van der Waals surface area contributed by atoms with E-state index in [9.17, 15) is 13.6 Å². The fourth-order valence-electron chi connectivity index (χ4n) is 3.52. The second-order valence-electron chi connectivity index (χ2n) is 6.72. The lowest BCUT2D eigenvalue weighted by Gasteiger charge is -2.22. The summed E-state index contributed by atoms with van der Waals surface area (Å²) in [6.07, 6.45) is 3.98. The molecule has 1 aliphatic rings. The van der Waals surface area contributed by atoms with Crippen molar-refractivity contribution >= 4 is 21.4 Å². The van der Waals surface area contributed by atoms with Gasteiger partial charge in [-0.3, -0.25) is 4.79 Å². The van der Waals surface area contributed by atoms with Gasteiger partial charge in [0.2, 0.25) is 0 Å². The van der Waals surface area contributed by atoms with Crippen LogP contribution >= 0.6 is 11.3 Å². The molecular weight excluding hydrogens is 354 g/mol. The van der Waals surface area contributed by atoms with Crippen molar-refractivity contribution in [2.24, 2.45) is 5.92 Å². The zero-order valence-electron chi connectivity index (χ0n) is 14.4. The summed E-state index contributed by atoms with van der Waals surface area (Å²) in [4.78, 5) is 14.0. The second-order valence-corrected chi connectivity index (χ2v) is 7.85. The first-order valence-corrected chi connectivity index (χ1v) is 9.57. The smallest absolute Gasteiger partial charge is 0.191 e. The van der Waals surface area contributed by atoms with Crippen molar-refractivity contribution in [3.05, 3.63) is 68.7 Å². The fraction of sp³-hybridized carbons (Fsp3) is 0.286. The van der Waals surface area contributed by atoms with E-state index in [1.54, 1.807) is 29.5 Å². The number of fused-ring (bicyclic) bond motifs is 2. The third kappa shape index (κ3) is 3.23. The van der Waals surface area contributed by atoms with Gasteiger partial charge in [-0.2, -0.15) is 0 Å². The zero-order valence-corrected chi connectivity index (χ0v) is 15.2. The van der Waals surface area contributed by atoms with Gasteiger partial charge in [-0.1, -0.05) is 13.3 Å². The third-order valence-electron chi connectivity index (χ3n) is 4.97. The Morgan fingerprint density at radius 3 is 2.62 bits per heavy atom. The highest BCUT2D eigenvalue weighted by atomic mass is 32.1. The fourth-order valence-corrected chi connectivity index (χ4v) is 4.87. The SMILES string of the molecule is CCC1CCc2c(sc3cc(Oc4cc(F)cc(F)c4)ccc3c2=O)C1. The van der Waals surface area contributed by atoms with Crippen LogP contribution in [0.5, 0.6) is 11.5 Å². The van der Waals surface area contributed by atoms with Gasteiger partial charge in [0, 0.05) is 38.7 Å². The van der Waals surface area contributed by atoms with Gasteiger partial charge in [0.05, 0.1) is 0 Å². The molecule has 0 radical (unpaired) electrons. The highest BCUT2D eigenvalue weighted by Crippen LogP contribution is 2.34. The molecule has 2 aromatic carbocycles. The highest BCUT2D eigenvalue weighted by Gasteiger charge is 2.22. The second kappa shape index (κ2) is 6.80. The van der Waals surface area contributed by atoms with E-state index in [4.69, 9.17) is 4.74 Å². The maximum atomic E-state index is 13.3. The Balaban J connectivity index is 1.74. The predicted octanol–water partition coefficient (Wildman–Crippen LogP) is 5.85. The quantitative estimate of drug-likeness (QED) is 0.577. The van der Waals surface area contributed by atoms with Gasteiger partial charge in [0.25, 0.3) is 0 Å². The zero-order chi connectivity index (χ0) is 18.3. The number of benzene rings is 2. The molecule has 0 fully saturated rings. The van der Waals surface area contributed by atoms with Crippen LogP contribution in [0.25, 0.3) is 10.1 Å². The molecule has 0 bridgehead atoms. The molecule has 0 amide bonds. The monoisotopic (exact) mass is 372 g/mol. The molecular formula is C21H18F2O2S. The Morgan fingerprint density at radius 2 is 1.88 bits per heavy atom. The van der Waals surface area contributed by atoms with Gasteiger partial charge >= 0.3 is 0 Å². The Morgan fingerprint density at radius 1 is 1.12 bits per heavy atom. The average Bonchev–Trinajstić information content (AvgIpc) is 2.60. The minimum atomic E-state index is -0.690. The molecule has 1 unspecified atom stereocenters. The van der Waals surface area contributed by atoms with Crippen LogP contribution in [0.1, 0.15) is 30.2 Å². The average molecular weight is 372 g/mol. The molecule has 0 spiro atoms. The van der Waals surface area contributed by atoms with E-state index in [1.165, 1.54) is 0 Å². The van der Waals surface area contributed by atoms with Gasteiger partial charge in [0.1, 0.15) is 23.1 Å². The number of rotatable bonds is 3. The lowest BCUT2D eigenvalue weighted by molar-refractivity contribution is 0.448. The topological polar surface area (TPSA) is 26.3 Å². The van der Waals surface area contributed by atoms with Crippen molar-refractivity contribution in [2.75, 3.05) is 0 Å². The van der Waals surface area contributed by atoms with Gasteiger partial charge < -0.3 is 4.74 Å². The molecule has 3 aromatic rings. The summed E-state index contributed by atoms with van der Waals surface area (Å²) in [5.41, 5.74) is 1.06. The molecule has 0 aliphatic heterocycles. The molecule has 5 heteroatoms. The molecule has 4 rings (SSSR count). The first-order chi connectivity index (χ1) is 12.5. The summed E-state index contributed by atoms with van der Waals surface area (Å²) < 4.78 is 33.1. The Hall–Kier alpha value is -2.27. The van der Waals surface area contributed by atoms with Crippen molar-refractivity contribution in [3.8, 4) is 11.5 Å². The van der Waals surface area contributed by atoms with E-state index in [0.717, 1.165) is 59.0 Å². The summed E-state index contributed by atoms with van der Waals surface area (Å²) in [6, 6.07) is 8.26. The molecule has 26 heavy (non-hydrogen) atoms. The van der Waals surface area contributed by atoms with Crippen molar-refractivity contribution in [2.45, 2.75) is 32.6 Å². The first kappa shape index (κ1) is 17.2. The first-order valence-electron chi connectivity index (χ1n) is 8.76. The lowest BCUT2D eigenvalue weighted by Crippen LogP contribution is -2.20. The maximum absolute atomic E-state index is 13.3. The van der Waals surface area contributed by atoms with Crippen LogP contribution in [0.3, 0.4) is 0 Å². The van der Waals surface area contributed by atoms with E-state index in [0.29, 0.717) is 17.1 Å². The van der Waals surface area contributed by atoms with Crippen LogP contribution < -0.4 is 10.2 Å². The van der Waals surface area contributed by atoms with E-state index in [1.807, 2.05) is 0 Å². The number of hydrogen-bond donors (Lipinski definition) is 0. The van der Waals surface area contributed by atoms with E-state index in [-0.39, 0.29) is 11.2 Å². The summed E-state index contributed by atoms with van der Waals surface area (Å²) in [6.45, 7) is 2.18. The molecule has 1 aromatic heterocycles. The van der Waals surface area contributed by atoms with Crippen LogP contribution in [0.4, 0.5) is 8.78 Å². The number of hydrogen-bond acceptors (Lipinski definition) is 3. The molecule has 134 valence electrons. The number of halogens is 2. The molecule has 0 saturated carbocycles. The third-order valence-corrected chi connectivity index (χ3v) is 6.18. The van der Waals surface area contributed by atoms with Crippen LogP contribution in [0.2, 0.25) is 0 Å². The molecule has 0 N–H and O–H groups in total. The van der Waals surface area contributed by atoms with Gasteiger partial charge in [-0.05, 0) is 43.4 Å². The molecule has 1 aliphatic carbocycles. The highest BCUT2D eigenvalue weighted by molar-refractivity contribution is 7.18. The van der Waals surface area contributed by atoms with Crippen LogP contribution in [-0.4, -0.2) is 0 Å². The molecule has 1 heterocycles. The normalized spacial score (nSPS) is 16.5. The predicted molar refractivity (Wildman–Crippen MR) is 100 cm³/mol. The van der Waals surface area contributed by atoms with Crippen LogP contribution in [0, 0.1) is 17.6 Å². The standard InChI is InChI=1S/C21H18F2O2S/c1-2-12-3-5-17-19(7-12)26-20-11-15(4-6-18(20)21(17)24)25-16-9-13(22)8-14(23)10-16/h4,6,8-12H,2-3,5,7H2,1H3. The van der Waals surface area contributed by atoms with Crippen LogP contribution in [0.15, 0.2) is 41.2 Å². The Kier molecular flexibility index (Phi) is 4.49. The molecule has 1 atom stereocenters. The van der Waals surface area contributed by atoms with E-state index >= 15 is 0 Å². The van der Waals surface area contributed by atoms with E-state index in [2.05, 4.69) is 6.92 Å². The minimum Gasteiger partial charge on any atom is -0.457 e. The van der Waals surface area contributed by atoms with Gasteiger partial charge in [-0.15, -0.1) is 11.3 Å².